The van der Waals surface area contributed by atoms with Crippen molar-refractivity contribution in [2.24, 2.45) is 5.73 Å². The van der Waals surface area contributed by atoms with Crippen LogP contribution in [0.3, 0.4) is 0 Å². The van der Waals surface area contributed by atoms with Crippen LogP contribution in [0.1, 0.15) is 10.5 Å². The van der Waals surface area contributed by atoms with E-state index in [-0.39, 0.29) is 11.4 Å². The third kappa shape index (κ3) is 1.65. The number of nitrogens with zero attached hydrogens (tertiary/aromatic N) is 2. The van der Waals surface area contributed by atoms with Crippen LogP contribution in [0.4, 0.5) is 5.69 Å². The van der Waals surface area contributed by atoms with Crippen molar-refractivity contribution in [3.8, 4) is 0 Å². The van der Waals surface area contributed by atoms with Crippen LogP contribution >= 0.6 is 11.8 Å². The number of amides is 1. The highest BCUT2D eigenvalue weighted by atomic mass is 32.2. The molecule has 0 aromatic carbocycles. The molecule has 0 fully saturated rings. The van der Waals surface area contributed by atoms with Gasteiger partial charge in [-0.2, -0.15) is 0 Å². The zero-order chi connectivity index (χ0) is 9.14. The molecule has 4 N–H and O–H groups in total. The number of anilines is 1. The number of primary amides is 1. The van der Waals surface area contributed by atoms with E-state index in [0.29, 0.717) is 5.16 Å². The lowest BCUT2D eigenvalue weighted by molar-refractivity contribution is 0.0995. The van der Waals surface area contributed by atoms with Crippen molar-refractivity contribution in [2.75, 3.05) is 12.0 Å². The molecular weight excluding hydrogens is 176 g/mol. The van der Waals surface area contributed by atoms with E-state index in [4.69, 9.17) is 11.5 Å². The SMILES string of the molecule is CSc1ncc(N)c(C(N)=O)n1. The Kier molecular flexibility index (Phi) is 2.49. The van der Waals surface area contributed by atoms with E-state index in [1.54, 1.807) is 6.26 Å². The first kappa shape index (κ1) is 8.79. The fraction of sp³-hybridized carbons (Fsp3) is 0.167. The molecule has 0 unspecified atom stereocenters. The molecule has 64 valence electrons. The van der Waals surface area contributed by atoms with Gasteiger partial charge in [-0.05, 0) is 6.26 Å². The molecule has 6 heteroatoms. The summed E-state index contributed by atoms with van der Waals surface area (Å²) in [6, 6.07) is 0. The number of nitrogens with two attached hydrogens (primary N) is 2. The third-order valence-corrected chi connectivity index (χ3v) is 1.77. The van der Waals surface area contributed by atoms with Gasteiger partial charge in [-0.1, -0.05) is 11.8 Å². The number of rotatable bonds is 2. The van der Waals surface area contributed by atoms with Crippen molar-refractivity contribution < 1.29 is 4.79 Å². The van der Waals surface area contributed by atoms with Crippen molar-refractivity contribution in [3.63, 3.8) is 0 Å². The minimum atomic E-state index is -0.634. The molecule has 0 spiro atoms. The lowest BCUT2D eigenvalue weighted by atomic mass is 10.3. The van der Waals surface area contributed by atoms with Crippen molar-refractivity contribution in [2.45, 2.75) is 5.16 Å². The van der Waals surface area contributed by atoms with E-state index in [9.17, 15) is 4.79 Å². The molecule has 1 rings (SSSR count). The van der Waals surface area contributed by atoms with E-state index >= 15 is 0 Å². The average Bonchev–Trinajstić information content (AvgIpc) is 2.05. The van der Waals surface area contributed by atoms with Crippen LogP contribution in [0.2, 0.25) is 0 Å². The van der Waals surface area contributed by atoms with Crippen molar-refractivity contribution in [3.05, 3.63) is 11.9 Å². The number of carbonyl (C=O) groups is 1. The maximum absolute atomic E-state index is 10.7. The highest BCUT2D eigenvalue weighted by Crippen LogP contribution is 2.12. The van der Waals surface area contributed by atoms with Crippen LogP contribution < -0.4 is 11.5 Å². The van der Waals surface area contributed by atoms with Gasteiger partial charge in [0.05, 0.1) is 11.9 Å². The zero-order valence-electron chi connectivity index (χ0n) is 6.44. The molecule has 0 saturated carbocycles. The van der Waals surface area contributed by atoms with Crippen LogP contribution in [0.15, 0.2) is 11.4 Å². The van der Waals surface area contributed by atoms with Crippen LogP contribution in [-0.4, -0.2) is 22.1 Å². The van der Waals surface area contributed by atoms with Crippen molar-refractivity contribution in [1.29, 1.82) is 0 Å². The van der Waals surface area contributed by atoms with Crippen LogP contribution in [0, 0.1) is 0 Å². The second-order valence-electron chi connectivity index (χ2n) is 2.02. The van der Waals surface area contributed by atoms with Crippen LogP contribution in [0.25, 0.3) is 0 Å². The van der Waals surface area contributed by atoms with Gasteiger partial charge in [0.2, 0.25) is 0 Å². The van der Waals surface area contributed by atoms with Gasteiger partial charge in [-0.25, -0.2) is 9.97 Å². The van der Waals surface area contributed by atoms with Gasteiger partial charge in [0.1, 0.15) is 0 Å². The lowest BCUT2D eigenvalue weighted by Gasteiger charge is -2.00. The number of hydrogen-bond donors (Lipinski definition) is 2. The summed E-state index contributed by atoms with van der Waals surface area (Å²) in [4.78, 5) is 18.4. The molecule has 1 aromatic rings. The smallest absolute Gasteiger partial charge is 0.269 e. The van der Waals surface area contributed by atoms with E-state index in [0.717, 1.165) is 0 Å². The Morgan fingerprint density at radius 3 is 2.83 bits per heavy atom. The highest BCUT2D eigenvalue weighted by molar-refractivity contribution is 7.98. The van der Waals surface area contributed by atoms with E-state index in [2.05, 4.69) is 9.97 Å². The number of aromatic nitrogens is 2. The second kappa shape index (κ2) is 3.40. The monoisotopic (exact) mass is 184 g/mol. The van der Waals surface area contributed by atoms with Gasteiger partial charge in [0.25, 0.3) is 5.91 Å². The van der Waals surface area contributed by atoms with Crippen LogP contribution in [-0.2, 0) is 0 Å². The highest BCUT2D eigenvalue weighted by Gasteiger charge is 2.08. The first-order valence-corrected chi connectivity index (χ1v) is 4.34. The Balaban J connectivity index is 3.17. The third-order valence-electron chi connectivity index (χ3n) is 1.21. The Labute approximate surface area is 73.6 Å². The Morgan fingerprint density at radius 2 is 2.33 bits per heavy atom. The fourth-order valence-corrected chi connectivity index (χ4v) is 1.01. The average molecular weight is 184 g/mol. The van der Waals surface area contributed by atoms with E-state index in [1.807, 2.05) is 0 Å². The van der Waals surface area contributed by atoms with Crippen molar-refractivity contribution >= 4 is 23.4 Å². The summed E-state index contributed by atoms with van der Waals surface area (Å²) in [6.45, 7) is 0. The normalized spacial score (nSPS) is 9.75. The molecule has 0 atom stereocenters. The molecule has 1 heterocycles. The molecule has 1 aromatic heterocycles. The molecule has 0 bridgehead atoms. The van der Waals surface area contributed by atoms with E-state index < -0.39 is 5.91 Å². The number of hydrogen-bond acceptors (Lipinski definition) is 5. The molecule has 0 radical (unpaired) electrons. The summed E-state index contributed by atoms with van der Waals surface area (Å²) in [5, 5.41) is 0.484. The first-order chi connectivity index (χ1) is 5.65. The predicted molar refractivity (Wildman–Crippen MR) is 46.7 cm³/mol. The van der Waals surface area contributed by atoms with Crippen LogP contribution in [0.5, 0.6) is 0 Å². The molecule has 0 saturated heterocycles. The zero-order valence-corrected chi connectivity index (χ0v) is 7.26. The molecule has 5 nitrogen and oxygen atoms in total. The maximum atomic E-state index is 10.7. The minimum Gasteiger partial charge on any atom is -0.396 e. The quantitative estimate of drug-likeness (QED) is 0.493. The molecule has 1 amide bonds. The molecule has 12 heavy (non-hydrogen) atoms. The number of nitrogen functional groups attached to an aromatic ring is 1. The van der Waals surface area contributed by atoms with Crippen molar-refractivity contribution in [1.82, 2.24) is 9.97 Å². The lowest BCUT2D eigenvalue weighted by Crippen LogP contribution is -2.16. The fourth-order valence-electron chi connectivity index (χ4n) is 0.671. The first-order valence-electron chi connectivity index (χ1n) is 3.11. The summed E-state index contributed by atoms with van der Waals surface area (Å²) in [6.07, 6.45) is 3.18. The van der Waals surface area contributed by atoms with Gasteiger partial charge in [-0.3, -0.25) is 4.79 Å². The van der Waals surface area contributed by atoms with Gasteiger partial charge < -0.3 is 11.5 Å². The van der Waals surface area contributed by atoms with Gasteiger partial charge >= 0.3 is 0 Å². The minimum absolute atomic E-state index is 0.0781. The Bertz CT molecular complexity index is 314. The number of carbonyl (C=O) groups excluding carboxylic acids is 1. The summed E-state index contributed by atoms with van der Waals surface area (Å²) in [5.74, 6) is -0.634. The second-order valence-corrected chi connectivity index (χ2v) is 2.80. The number of thioether (sulfide) groups is 1. The summed E-state index contributed by atoms with van der Waals surface area (Å²) in [7, 11) is 0. The topological polar surface area (TPSA) is 94.9 Å². The summed E-state index contributed by atoms with van der Waals surface area (Å²) >= 11 is 1.32. The molecule has 0 aliphatic carbocycles. The van der Waals surface area contributed by atoms with Gasteiger partial charge in [0.15, 0.2) is 10.9 Å². The molecule has 0 aliphatic heterocycles. The van der Waals surface area contributed by atoms with E-state index in [1.165, 1.54) is 18.0 Å². The van der Waals surface area contributed by atoms with Gasteiger partial charge in [-0.15, -0.1) is 0 Å². The maximum Gasteiger partial charge on any atom is 0.269 e. The summed E-state index contributed by atoms with van der Waals surface area (Å²) < 4.78 is 0. The Morgan fingerprint density at radius 1 is 1.67 bits per heavy atom. The summed E-state index contributed by atoms with van der Waals surface area (Å²) in [5.41, 5.74) is 10.7. The largest absolute Gasteiger partial charge is 0.396 e. The molecular formula is C6H8N4OS. The standard InChI is InChI=1S/C6H8N4OS/c1-12-6-9-2-3(7)4(10-6)5(8)11/h2H,7H2,1H3,(H2,8,11). The van der Waals surface area contributed by atoms with Gasteiger partial charge in [0, 0.05) is 0 Å². The predicted octanol–water partition coefficient (Wildman–Crippen LogP) is -0.120. The Hall–Kier alpha value is -1.30. The molecule has 0 aliphatic rings.